The summed E-state index contributed by atoms with van der Waals surface area (Å²) in [6, 6.07) is 7.49. The highest BCUT2D eigenvalue weighted by Gasteiger charge is 2.26. The highest BCUT2D eigenvalue weighted by atomic mass is 16.5. The van der Waals surface area contributed by atoms with Gasteiger partial charge in [-0.1, -0.05) is 68.7 Å². The van der Waals surface area contributed by atoms with E-state index < -0.39 is 0 Å². The Hall–Kier alpha value is -2.81. The summed E-state index contributed by atoms with van der Waals surface area (Å²) in [5.74, 6) is 0.685. The quantitative estimate of drug-likeness (QED) is 0.222. The number of benzene rings is 1. The molecule has 0 bridgehead atoms. The van der Waals surface area contributed by atoms with Crippen LogP contribution < -0.4 is 10.1 Å². The molecule has 0 spiro atoms. The Morgan fingerprint density at radius 1 is 1.12 bits per heavy atom. The highest BCUT2D eigenvalue weighted by Crippen LogP contribution is 2.40. The molecule has 3 heteroatoms. The fourth-order valence-electron chi connectivity index (χ4n) is 4.03. The number of allylic oxidation sites excluding steroid dienone is 9. The second kappa shape index (κ2) is 13.0. The zero-order valence-corrected chi connectivity index (χ0v) is 21.3. The number of carbonyl (C=O) groups excluding carboxylic acids is 1. The number of ether oxygens (including phenoxy) is 1. The van der Waals surface area contributed by atoms with Gasteiger partial charge >= 0.3 is 0 Å². The van der Waals surface area contributed by atoms with Crippen molar-refractivity contribution in [3.05, 3.63) is 83.0 Å². The number of anilines is 1. The van der Waals surface area contributed by atoms with E-state index in [1.807, 2.05) is 43.3 Å². The normalized spacial score (nSPS) is 17.2. The van der Waals surface area contributed by atoms with Gasteiger partial charge in [-0.2, -0.15) is 0 Å². The van der Waals surface area contributed by atoms with Crippen LogP contribution in [-0.4, -0.2) is 12.5 Å². The molecule has 33 heavy (non-hydrogen) atoms. The molecule has 0 unspecified atom stereocenters. The molecule has 0 aliphatic heterocycles. The topological polar surface area (TPSA) is 38.3 Å². The van der Waals surface area contributed by atoms with Gasteiger partial charge in [0.15, 0.2) is 0 Å². The number of hydrogen-bond donors (Lipinski definition) is 1. The van der Waals surface area contributed by atoms with Crippen molar-refractivity contribution >= 4 is 11.6 Å². The molecule has 0 radical (unpaired) electrons. The molecule has 0 heterocycles. The largest absolute Gasteiger partial charge is 0.494 e. The van der Waals surface area contributed by atoms with Crippen LogP contribution in [0.3, 0.4) is 0 Å². The lowest BCUT2D eigenvalue weighted by molar-refractivity contribution is -0.111. The fraction of sp³-hybridized carbons (Fsp3) is 0.433. The van der Waals surface area contributed by atoms with Crippen LogP contribution >= 0.6 is 0 Å². The van der Waals surface area contributed by atoms with Crippen LogP contribution in [0.4, 0.5) is 5.69 Å². The van der Waals surface area contributed by atoms with Gasteiger partial charge in [-0.25, -0.2) is 0 Å². The Balaban J connectivity index is 1.89. The van der Waals surface area contributed by atoms with Crippen LogP contribution in [0.1, 0.15) is 73.6 Å². The third kappa shape index (κ3) is 9.29. The monoisotopic (exact) mass is 447 g/mol. The van der Waals surface area contributed by atoms with Gasteiger partial charge in [0.1, 0.15) is 5.75 Å². The smallest absolute Gasteiger partial charge is 0.248 e. The van der Waals surface area contributed by atoms with E-state index in [0.717, 1.165) is 36.5 Å². The zero-order chi connectivity index (χ0) is 24.3. The lowest BCUT2D eigenvalue weighted by atomic mass is 9.72. The van der Waals surface area contributed by atoms with Crippen molar-refractivity contribution in [2.24, 2.45) is 5.41 Å². The van der Waals surface area contributed by atoms with Crippen LogP contribution in [-0.2, 0) is 4.79 Å². The van der Waals surface area contributed by atoms with Gasteiger partial charge in [0.2, 0.25) is 5.91 Å². The minimum absolute atomic E-state index is 0.139. The molecule has 0 aromatic heterocycles. The standard InChI is InChI=1S/C30H41NO2/c1-7-8-21-33-27-17-15-26(16-18-27)31-29(32)22-24(3)12-9-11-23(2)14-19-28-25(4)13-10-20-30(28,5)6/h9,11-12,14-19,22H,7-8,10,13,20-21H2,1-6H3,(H,31,32). The number of unbranched alkanes of at least 4 members (excludes halogenated alkanes) is 1. The molecular weight excluding hydrogens is 406 g/mol. The van der Waals surface area contributed by atoms with Crippen molar-refractivity contribution in [3.8, 4) is 5.75 Å². The first kappa shape index (κ1) is 26.4. The Morgan fingerprint density at radius 2 is 1.85 bits per heavy atom. The van der Waals surface area contributed by atoms with E-state index in [4.69, 9.17) is 4.74 Å². The van der Waals surface area contributed by atoms with E-state index in [1.165, 1.54) is 36.0 Å². The second-order valence-corrected chi connectivity index (χ2v) is 9.64. The van der Waals surface area contributed by atoms with Gasteiger partial charge in [-0.3, -0.25) is 4.79 Å². The third-order valence-corrected chi connectivity index (χ3v) is 6.02. The molecule has 0 saturated carbocycles. The molecule has 178 valence electrons. The summed E-state index contributed by atoms with van der Waals surface area (Å²) in [5, 5.41) is 2.90. The van der Waals surface area contributed by atoms with Crippen molar-refractivity contribution in [3.63, 3.8) is 0 Å². The molecular formula is C30H41NO2. The lowest BCUT2D eigenvalue weighted by Crippen LogP contribution is -2.19. The number of nitrogens with one attached hydrogen (secondary N) is 1. The Labute approximate surface area is 201 Å². The van der Waals surface area contributed by atoms with Gasteiger partial charge in [0, 0.05) is 11.8 Å². The predicted molar refractivity (Wildman–Crippen MR) is 142 cm³/mol. The predicted octanol–water partition coefficient (Wildman–Crippen LogP) is 8.34. The minimum Gasteiger partial charge on any atom is -0.494 e. The first-order valence-electron chi connectivity index (χ1n) is 12.2. The summed E-state index contributed by atoms with van der Waals surface area (Å²) in [4.78, 5) is 12.3. The molecule has 0 saturated heterocycles. The number of amides is 1. The summed E-state index contributed by atoms with van der Waals surface area (Å²) in [7, 11) is 0. The molecule has 1 aliphatic carbocycles. The van der Waals surface area contributed by atoms with Crippen molar-refractivity contribution in [2.75, 3.05) is 11.9 Å². The summed E-state index contributed by atoms with van der Waals surface area (Å²) in [6.45, 7) is 13.8. The van der Waals surface area contributed by atoms with E-state index in [-0.39, 0.29) is 11.3 Å². The van der Waals surface area contributed by atoms with Crippen LogP contribution in [0.2, 0.25) is 0 Å². The van der Waals surface area contributed by atoms with Crippen LogP contribution in [0, 0.1) is 5.41 Å². The van der Waals surface area contributed by atoms with Gasteiger partial charge < -0.3 is 10.1 Å². The maximum Gasteiger partial charge on any atom is 0.248 e. The van der Waals surface area contributed by atoms with Gasteiger partial charge in [-0.05, 0) is 87.3 Å². The van der Waals surface area contributed by atoms with E-state index in [1.54, 1.807) is 6.08 Å². The first-order chi connectivity index (χ1) is 15.7. The molecule has 3 nitrogen and oxygen atoms in total. The van der Waals surface area contributed by atoms with Crippen molar-refractivity contribution in [1.82, 2.24) is 0 Å². The Bertz CT molecular complexity index is 940. The zero-order valence-electron chi connectivity index (χ0n) is 21.3. The van der Waals surface area contributed by atoms with Crippen LogP contribution in [0.25, 0.3) is 0 Å². The average molecular weight is 448 g/mol. The van der Waals surface area contributed by atoms with Crippen molar-refractivity contribution in [1.29, 1.82) is 0 Å². The van der Waals surface area contributed by atoms with E-state index >= 15 is 0 Å². The summed E-state index contributed by atoms with van der Waals surface area (Å²) < 4.78 is 5.65. The lowest BCUT2D eigenvalue weighted by Gasteiger charge is -2.32. The summed E-state index contributed by atoms with van der Waals surface area (Å²) in [6.07, 6.45) is 18.0. The van der Waals surface area contributed by atoms with Crippen LogP contribution in [0.15, 0.2) is 83.0 Å². The van der Waals surface area contributed by atoms with E-state index in [2.05, 4.69) is 58.2 Å². The maximum absolute atomic E-state index is 12.3. The molecule has 1 aliphatic rings. The second-order valence-electron chi connectivity index (χ2n) is 9.64. The van der Waals surface area contributed by atoms with E-state index in [9.17, 15) is 4.79 Å². The third-order valence-electron chi connectivity index (χ3n) is 6.02. The number of rotatable bonds is 10. The fourth-order valence-corrected chi connectivity index (χ4v) is 4.03. The van der Waals surface area contributed by atoms with Crippen LogP contribution in [0.5, 0.6) is 5.75 Å². The summed E-state index contributed by atoms with van der Waals surface area (Å²) in [5.41, 5.74) is 6.07. The van der Waals surface area contributed by atoms with Gasteiger partial charge in [-0.15, -0.1) is 0 Å². The first-order valence-corrected chi connectivity index (χ1v) is 12.2. The molecule has 0 atom stereocenters. The molecule has 0 fully saturated rings. The molecule has 1 amide bonds. The molecule has 1 N–H and O–H groups in total. The average Bonchev–Trinajstić information content (AvgIpc) is 2.74. The van der Waals surface area contributed by atoms with Crippen molar-refractivity contribution in [2.45, 2.75) is 73.6 Å². The molecule has 2 rings (SSSR count). The maximum atomic E-state index is 12.3. The highest BCUT2D eigenvalue weighted by molar-refractivity contribution is 6.00. The Morgan fingerprint density at radius 3 is 2.52 bits per heavy atom. The number of hydrogen-bond acceptors (Lipinski definition) is 2. The summed E-state index contributed by atoms with van der Waals surface area (Å²) >= 11 is 0. The molecule has 1 aromatic rings. The molecule has 1 aromatic carbocycles. The minimum atomic E-state index is -0.139. The van der Waals surface area contributed by atoms with Crippen molar-refractivity contribution < 1.29 is 9.53 Å². The SMILES string of the molecule is CCCCOc1ccc(NC(=O)C=C(C)C=CC=C(C)C=CC2=C(C)CCCC2(C)C)cc1. The Kier molecular flexibility index (Phi) is 10.4. The van der Waals surface area contributed by atoms with Gasteiger partial charge in [0.25, 0.3) is 0 Å². The van der Waals surface area contributed by atoms with E-state index in [0.29, 0.717) is 0 Å². The number of carbonyl (C=O) groups is 1. The van der Waals surface area contributed by atoms with Gasteiger partial charge in [0.05, 0.1) is 6.61 Å².